The van der Waals surface area contributed by atoms with Crippen LogP contribution in [-0.2, 0) is 0 Å². The van der Waals surface area contributed by atoms with Gasteiger partial charge in [0.25, 0.3) is 0 Å². The van der Waals surface area contributed by atoms with Gasteiger partial charge in [0.1, 0.15) is 5.82 Å². The molecule has 1 aromatic rings. The van der Waals surface area contributed by atoms with Crippen LogP contribution in [-0.4, -0.2) is 6.04 Å². The van der Waals surface area contributed by atoms with E-state index in [4.69, 9.17) is 11.6 Å². The number of halogens is 2. The van der Waals surface area contributed by atoms with Crippen LogP contribution in [0.1, 0.15) is 45.2 Å². The van der Waals surface area contributed by atoms with Gasteiger partial charge in [-0.25, -0.2) is 4.39 Å². The van der Waals surface area contributed by atoms with Crippen molar-refractivity contribution in [3.05, 3.63) is 34.6 Å². The van der Waals surface area contributed by atoms with Gasteiger partial charge in [0.2, 0.25) is 0 Å². The van der Waals surface area contributed by atoms with E-state index in [1.54, 1.807) is 6.07 Å². The molecule has 0 aliphatic carbocycles. The van der Waals surface area contributed by atoms with Gasteiger partial charge in [0.15, 0.2) is 0 Å². The summed E-state index contributed by atoms with van der Waals surface area (Å²) in [6.07, 6.45) is 2.28. The van der Waals surface area contributed by atoms with Gasteiger partial charge in [-0.05, 0) is 38.0 Å². The van der Waals surface area contributed by atoms with Crippen LogP contribution in [0.3, 0.4) is 0 Å². The van der Waals surface area contributed by atoms with Crippen LogP contribution in [0, 0.1) is 5.82 Å². The molecule has 2 atom stereocenters. The first-order chi connectivity index (χ1) is 7.54. The molecule has 0 saturated carbocycles. The molecule has 2 unspecified atom stereocenters. The van der Waals surface area contributed by atoms with E-state index in [-0.39, 0.29) is 11.9 Å². The highest BCUT2D eigenvalue weighted by Crippen LogP contribution is 2.24. The van der Waals surface area contributed by atoms with Crippen molar-refractivity contribution >= 4 is 11.6 Å². The summed E-state index contributed by atoms with van der Waals surface area (Å²) in [5, 5.41) is 3.94. The fourth-order valence-electron chi connectivity index (χ4n) is 1.89. The molecule has 0 saturated heterocycles. The first kappa shape index (κ1) is 13.5. The summed E-state index contributed by atoms with van der Waals surface area (Å²) in [5.41, 5.74) is 0.950. The zero-order chi connectivity index (χ0) is 12.1. The number of benzene rings is 1. The van der Waals surface area contributed by atoms with Crippen molar-refractivity contribution in [1.82, 2.24) is 5.32 Å². The third kappa shape index (κ3) is 3.76. The Bertz CT molecular complexity index is 341. The van der Waals surface area contributed by atoms with Gasteiger partial charge in [-0.1, -0.05) is 31.0 Å². The molecule has 0 aromatic heterocycles. The van der Waals surface area contributed by atoms with Gasteiger partial charge in [0.05, 0.1) is 0 Å². The molecule has 0 amide bonds. The van der Waals surface area contributed by atoms with Crippen molar-refractivity contribution in [2.24, 2.45) is 0 Å². The molecule has 1 aromatic carbocycles. The Labute approximate surface area is 102 Å². The minimum atomic E-state index is -0.289. The molecule has 0 radical (unpaired) electrons. The summed E-state index contributed by atoms with van der Waals surface area (Å²) in [5.74, 6) is -0.289. The van der Waals surface area contributed by atoms with Crippen LogP contribution in [0.5, 0.6) is 0 Å². The maximum absolute atomic E-state index is 12.9. The lowest BCUT2D eigenvalue weighted by Crippen LogP contribution is -2.28. The Morgan fingerprint density at radius 2 is 2.06 bits per heavy atom. The first-order valence-electron chi connectivity index (χ1n) is 5.75. The smallest absolute Gasteiger partial charge is 0.124 e. The van der Waals surface area contributed by atoms with Crippen molar-refractivity contribution in [1.29, 1.82) is 0 Å². The quantitative estimate of drug-likeness (QED) is 0.812. The van der Waals surface area contributed by atoms with Crippen LogP contribution < -0.4 is 5.32 Å². The van der Waals surface area contributed by atoms with Gasteiger partial charge in [-0.2, -0.15) is 0 Å². The predicted octanol–water partition coefficient (Wildman–Crippen LogP) is 4.32. The monoisotopic (exact) mass is 243 g/mol. The molecule has 0 bridgehead atoms. The highest BCUT2D eigenvalue weighted by molar-refractivity contribution is 6.31. The van der Waals surface area contributed by atoms with Crippen molar-refractivity contribution in [2.75, 3.05) is 0 Å². The molecule has 0 aliphatic heterocycles. The minimum Gasteiger partial charge on any atom is -0.308 e. The molecule has 1 nitrogen and oxygen atoms in total. The molecule has 0 spiro atoms. The Morgan fingerprint density at radius 3 is 2.62 bits per heavy atom. The SMILES string of the molecule is CCCC(C)NC(C)c1ccc(F)cc1Cl. The number of nitrogens with one attached hydrogen (secondary N) is 1. The summed E-state index contributed by atoms with van der Waals surface area (Å²) < 4.78 is 12.9. The van der Waals surface area contributed by atoms with E-state index < -0.39 is 0 Å². The molecule has 0 aliphatic rings. The third-order valence-electron chi connectivity index (χ3n) is 2.69. The molecular weight excluding hydrogens is 225 g/mol. The van der Waals surface area contributed by atoms with Crippen LogP contribution >= 0.6 is 11.6 Å². The average molecular weight is 244 g/mol. The van der Waals surface area contributed by atoms with Gasteiger partial charge in [-0.15, -0.1) is 0 Å². The summed E-state index contributed by atoms with van der Waals surface area (Å²) in [7, 11) is 0. The van der Waals surface area contributed by atoms with Gasteiger partial charge in [0, 0.05) is 17.1 Å². The minimum absolute atomic E-state index is 0.148. The normalized spacial score (nSPS) is 14.8. The maximum atomic E-state index is 12.9. The second-order valence-corrected chi connectivity index (χ2v) is 4.65. The van der Waals surface area contributed by atoms with E-state index in [9.17, 15) is 4.39 Å². The highest BCUT2D eigenvalue weighted by Gasteiger charge is 2.12. The first-order valence-corrected chi connectivity index (χ1v) is 6.13. The van der Waals surface area contributed by atoms with E-state index in [0.717, 1.165) is 18.4 Å². The van der Waals surface area contributed by atoms with Gasteiger partial charge < -0.3 is 5.32 Å². The number of rotatable bonds is 5. The molecule has 1 N–H and O–H groups in total. The Kier molecular flexibility index (Phi) is 5.23. The summed E-state index contributed by atoms with van der Waals surface area (Å²) in [4.78, 5) is 0. The molecule has 0 heterocycles. The van der Waals surface area contributed by atoms with E-state index in [0.29, 0.717) is 11.1 Å². The second-order valence-electron chi connectivity index (χ2n) is 4.24. The zero-order valence-electron chi connectivity index (χ0n) is 10.1. The summed E-state index contributed by atoms with van der Waals surface area (Å²) in [6.45, 7) is 6.36. The third-order valence-corrected chi connectivity index (χ3v) is 3.01. The van der Waals surface area contributed by atoms with Gasteiger partial charge in [-0.3, -0.25) is 0 Å². The largest absolute Gasteiger partial charge is 0.308 e. The number of hydrogen-bond acceptors (Lipinski definition) is 1. The lowest BCUT2D eigenvalue weighted by Gasteiger charge is -2.20. The zero-order valence-corrected chi connectivity index (χ0v) is 10.8. The number of hydrogen-bond donors (Lipinski definition) is 1. The maximum Gasteiger partial charge on any atom is 0.124 e. The van der Waals surface area contributed by atoms with E-state index >= 15 is 0 Å². The fraction of sp³-hybridized carbons (Fsp3) is 0.538. The summed E-state index contributed by atoms with van der Waals surface area (Å²) in [6, 6.07) is 5.15. The van der Waals surface area contributed by atoms with E-state index in [1.165, 1.54) is 12.1 Å². The van der Waals surface area contributed by atoms with E-state index in [2.05, 4.69) is 19.2 Å². The van der Waals surface area contributed by atoms with Crippen molar-refractivity contribution < 1.29 is 4.39 Å². The Balaban J connectivity index is 2.69. The standard InChI is InChI=1S/C13H19ClFN/c1-4-5-9(2)16-10(3)12-7-6-11(15)8-13(12)14/h6-10,16H,4-5H2,1-3H3. The highest BCUT2D eigenvalue weighted by atomic mass is 35.5. The topological polar surface area (TPSA) is 12.0 Å². The average Bonchev–Trinajstić information content (AvgIpc) is 2.17. The van der Waals surface area contributed by atoms with Crippen molar-refractivity contribution in [3.8, 4) is 0 Å². The molecular formula is C13H19ClFN. The van der Waals surface area contributed by atoms with Crippen molar-refractivity contribution in [3.63, 3.8) is 0 Å². The van der Waals surface area contributed by atoms with Crippen LogP contribution in [0.25, 0.3) is 0 Å². The lowest BCUT2D eigenvalue weighted by molar-refractivity contribution is 0.452. The van der Waals surface area contributed by atoms with Crippen molar-refractivity contribution in [2.45, 2.75) is 45.7 Å². The summed E-state index contributed by atoms with van der Waals surface area (Å²) >= 11 is 6.00. The predicted molar refractivity (Wildman–Crippen MR) is 67.3 cm³/mol. The fourth-order valence-corrected chi connectivity index (χ4v) is 2.22. The lowest BCUT2D eigenvalue weighted by atomic mass is 10.1. The van der Waals surface area contributed by atoms with E-state index in [1.807, 2.05) is 6.92 Å². The molecule has 1 rings (SSSR count). The molecule has 16 heavy (non-hydrogen) atoms. The Morgan fingerprint density at radius 1 is 1.38 bits per heavy atom. The van der Waals surface area contributed by atoms with Crippen LogP contribution in [0.4, 0.5) is 4.39 Å². The Hall–Kier alpha value is -0.600. The molecule has 3 heteroatoms. The molecule has 0 fully saturated rings. The molecule has 90 valence electrons. The van der Waals surface area contributed by atoms with Gasteiger partial charge >= 0.3 is 0 Å². The second kappa shape index (κ2) is 6.21. The van der Waals surface area contributed by atoms with Crippen LogP contribution in [0.2, 0.25) is 5.02 Å². The van der Waals surface area contributed by atoms with Crippen LogP contribution in [0.15, 0.2) is 18.2 Å².